The second-order valence-corrected chi connectivity index (χ2v) is 8.49. The SMILES string of the molecule is COc1ccc([C@H]2[C@H](Oc3ccc(Cl)cc3C)C(=O)N2c2ccc(C)c(Cl)c2)cc1OC. The number of hydrogen-bond acceptors (Lipinski definition) is 4. The number of benzene rings is 3. The van der Waals surface area contributed by atoms with Crippen LogP contribution in [0.5, 0.6) is 17.2 Å². The minimum absolute atomic E-state index is 0.154. The standard InChI is InChI=1S/C25H23Cl2NO4/c1-14-5-8-18(13-19(14)27)28-23(16-6-9-21(30-3)22(12-16)31-4)24(25(28)29)32-20-10-7-17(26)11-15(20)2/h5-13,23-24H,1-4H3/t23-,24-/m0/s1. The molecule has 4 rings (SSSR count). The van der Waals surface area contributed by atoms with Crippen LogP contribution in [-0.2, 0) is 4.79 Å². The second-order valence-electron chi connectivity index (χ2n) is 7.65. The van der Waals surface area contributed by atoms with Crippen LogP contribution < -0.4 is 19.1 Å². The molecule has 5 nitrogen and oxygen atoms in total. The Morgan fingerprint density at radius 2 is 1.53 bits per heavy atom. The summed E-state index contributed by atoms with van der Waals surface area (Å²) in [4.78, 5) is 15.0. The van der Waals surface area contributed by atoms with Crippen LogP contribution in [0, 0.1) is 13.8 Å². The number of carbonyl (C=O) groups is 1. The normalized spacial score (nSPS) is 17.7. The fraction of sp³-hybridized carbons (Fsp3) is 0.240. The molecule has 1 saturated heterocycles. The minimum atomic E-state index is -0.715. The zero-order valence-electron chi connectivity index (χ0n) is 18.2. The van der Waals surface area contributed by atoms with Gasteiger partial charge >= 0.3 is 0 Å². The zero-order valence-corrected chi connectivity index (χ0v) is 19.7. The summed E-state index contributed by atoms with van der Waals surface area (Å²) in [6.45, 7) is 3.82. The van der Waals surface area contributed by atoms with Crippen LogP contribution in [0.2, 0.25) is 10.0 Å². The molecule has 1 amide bonds. The van der Waals surface area contributed by atoms with Gasteiger partial charge in [-0.05, 0) is 73.0 Å². The summed E-state index contributed by atoms with van der Waals surface area (Å²) in [5, 5.41) is 1.21. The van der Waals surface area contributed by atoms with Crippen molar-refractivity contribution in [3.8, 4) is 17.2 Å². The van der Waals surface area contributed by atoms with Gasteiger partial charge in [-0.25, -0.2) is 0 Å². The van der Waals surface area contributed by atoms with E-state index < -0.39 is 6.10 Å². The predicted octanol–water partition coefficient (Wildman–Crippen LogP) is 6.16. The molecule has 0 N–H and O–H groups in total. The average molecular weight is 472 g/mol. The lowest BCUT2D eigenvalue weighted by atomic mass is 9.89. The Labute approximate surface area is 197 Å². The summed E-state index contributed by atoms with van der Waals surface area (Å²) in [5.74, 6) is 1.64. The molecule has 166 valence electrons. The van der Waals surface area contributed by atoms with Gasteiger partial charge in [0, 0.05) is 15.7 Å². The third-order valence-electron chi connectivity index (χ3n) is 5.62. The van der Waals surface area contributed by atoms with Crippen LogP contribution in [0.1, 0.15) is 22.7 Å². The molecule has 0 radical (unpaired) electrons. The number of amides is 1. The van der Waals surface area contributed by atoms with Gasteiger partial charge in [0.2, 0.25) is 6.10 Å². The highest BCUT2D eigenvalue weighted by Gasteiger charge is 2.51. The maximum Gasteiger partial charge on any atom is 0.271 e. The number of β-lactam (4-membered cyclic amide) rings is 1. The van der Waals surface area contributed by atoms with Crippen molar-refractivity contribution in [3.05, 3.63) is 81.3 Å². The highest BCUT2D eigenvalue weighted by atomic mass is 35.5. The van der Waals surface area contributed by atoms with Crippen LogP contribution in [0.25, 0.3) is 0 Å². The molecular formula is C25H23Cl2NO4. The van der Waals surface area contributed by atoms with E-state index in [1.165, 1.54) is 0 Å². The number of ether oxygens (including phenoxy) is 3. The van der Waals surface area contributed by atoms with Gasteiger partial charge in [0.15, 0.2) is 11.5 Å². The third-order valence-corrected chi connectivity index (χ3v) is 6.26. The van der Waals surface area contributed by atoms with Crippen LogP contribution in [0.3, 0.4) is 0 Å². The van der Waals surface area contributed by atoms with E-state index in [9.17, 15) is 4.79 Å². The highest BCUT2D eigenvalue weighted by Crippen LogP contribution is 2.44. The first-order chi connectivity index (χ1) is 15.3. The van der Waals surface area contributed by atoms with Crippen LogP contribution in [-0.4, -0.2) is 26.2 Å². The first-order valence-corrected chi connectivity index (χ1v) is 10.8. The molecule has 3 aromatic rings. The van der Waals surface area contributed by atoms with E-state index in [-0.39, 0.29) is 11.9 Å². The molecule has 1 aliphatic heterocycles. The van der Waals surface area contributed by atoms with E-state index in [2.05, 4.69) is 0 Å². The maximum absolute atomic E-state index is 13.3. The number of aryl methyl sites for hydroxylation is 2. The Morgan fingerprint density at radius 1 is 0.812 bits per heavy atom. The number of nitrogens with zero attached hydrogens (tertiary/aromatic N) is 1. The number of rotatable bonds is 6. The van der Waals surface area contributed by atoms with Gasteiger partial charge in [0.05, 0.1) is 14.2 Å². The van der Waals surface area contributed by atoms with Crippen molar-refractivity contribution in [2.75, 3.05) is 19.1 Å². The van der Waals surface area contributed by atoms with Crippen LogP contribution >= 0.6 is 23.2 Å². The van der Waals surface area contributed by atoms with Gasteiger partial charge in [-0.15, -0.1) is 0 Å². The summed E-state index contributed by atoms with van der Waals surface area (Å²) in [6.07, 6.45) is -0.715. The van der Waals surface area contributed by atoms with E-state index in [1.54, 1.807) is 37.3 Å². The van der Waals surface area contributed by atoms with E-state index in [0.717, 1.165) is 16.7 Å². The number of hydrogen-bond donors (Lipinski definition) is 0. The fourth-order valence-electron chi connectivity index (χ4n) is 3.84. The van der Waals surface area contributed by atoms with Crippen molar-refractivity contribution in [2.45, 2.75) is 26.0 Å². The average Bonchev–Trinajstić information content (AvgIpc) is 2.78. The first-order valence-electron chi connectivity index (χ1n) is 10.1. The molecule has 0 aliphatic carbocycles. The Morgan fingerprint density at radius 3 is 2.19 bits per heavy atom. The van der Waals surface area contributed by atoms with E-state index >= 15 is 0 Å². The van der Waals surface area contributed by atoms with Gasteiger partial charge in [-0.1, -0.05) is 35.3 Å². The Kier molecular flexibility index (Phi) is 6.22. The maximum atomic E-state index is 13.3. The smallest absolute Gasteiger partial charge is 0.271 e. The van der Waals surface area contributed by atoms with Gasteiger partial charge in [-0.3, -0.25) is 9.69 Å². The van der Waals surface area contributed by atoms with Gasteiger partial charge in [0.25, 0.3) is 5.91 Å². The predicted molar refractivity (Wildman–Crippen MR) is 127 cm³/mol. The van der Waals surface area contributed by atoms with Gasteiger partial charge in [0.1, 0.15) is 11.8 Å². The molecule has 2 atom stereocenters. The molecule has 1 fully saturated rings. The van der Waals surface area contributed by atoms with Crippen molar-refractivity contribution < 1.29 is 19.0 Å². The van der Waals surface area contributed by atoms with E-state index in [4.69, 9.17) is 37.4 Å². The second kappa shape index (κ2) is 8.93. The van der Waals surface area contributed by atoms with E-state index in [0.29, 0.717) is 33.0 Å². The number of methoxy groups -OCH3 is 2. The monoisotopic (exact) mass is 471 g/mol. The van der Waals surface area contributed by atoms with Gasteiger partial charge in [-0.2, -0.15) is 0 Å². The van der Waals surface area contributed by atoms with E-state index in [1.807, 2.05) is 50.2 Å². The molecule has 32 heavy (non-hydrogen) atoms. The summed E-state index contributed by atoms with van der Waals surface area (Å²) >= 11 is 12.4. The number of carbonyl (C=O) groups excluding carboxylic acids is 1. The lowest BCUT2D eigenvalue weighted by Gasteiger charge is -2.47. The lowest BCUT2D eigenvalue weighted by molar-refractivity contribution is -0.135. The first kappa shape index (κ1) is 22.3. The fourth-order valence-corrected chi connectivity index (χ4v) is 4.24. The Balaban J connectivity index is 1.76. The molecule has 0 bridgehead atoms. The molecule has 7 heteroatoms. The van der Waals surface area contributed by atoms with Crippen molar-refractivity contribution >= 4 is 34.8 Å². The van der Waals surface area contributed by atoms with Crippen LogP contribution in [0.15, 0.2) is 54.6 Å². The van der Waals surface area contributed by atoms with Crippen molar-refractivity contribution in [1.82, 2.24) is 0 Å². The molecule has 1 heterocycles. The quantitative estimate of drug-likeness (QED) is 0.403. The van der Waals surface area contributed by atoms with Crippen LogP contribution in [0.4, 0.5) is 5.69 Å². The van der Waals surface area contributed by atoms with Crippen molar-refractivity contribution in [3.63, 3.8) is 0 Å². The van der Waals surface area contributed by atoms with Crippen molar-refractivity contribution in [2.24, 2.45) is 0 Å². The lowest BCUT2D eigenvalue weighted by Crippen LogP contribution is -2.61. The van der Waals surface area contributed by atoms with Crippen molar-refractivity contribution in [1.29, 1.82) is 0 Å². The Hall–Kier alpha value is -2.89. The summed E-state index contributed by atoms with van der Waals surface area (Å²) in [5.41, 5.74) is 3.36. The Bertz CT molecular complexity index is 1180. The molecule has 0 spiro atoms. The largest absolute Gasteiger partial charge is 0.493 e. The minimum Gasteiger partial charge on any atom is -0.493 e. The zero-order chi connectivity index (χ0) is 23.0. The topological polar surface area (TPSA) is 48.0 Å². The summed E-state index contributed by atoms with van der Waals surface area (Å²) < 4.78 is 17.0. The summed E-state index contributed by atoms with van der Waals surface area (Å²) in [6, 6.07) is 16.1. The summed E-state index contributed by atoms with van der Waals surface area (Å²) in [7, 11) is 3.16. The molecule has 0 unspecified atom stereocenters. The number of anilines is 1. The molecule has 1 aliphatic rings. The third kappa shape index (κ3) is 3.98. The number of halogens is 2. The molecular weight excluding hydrogens is 449 g/mol. The molecule has 0 aromatic heterocycles. The van der Waals surface area contributed by atoms with Gasteiger partial charge < -0.3 is 14.2 Å². The molecule has 0 saturated carbocycles. The highest BCUT2D eigenvalue weighted by molar-refractivity contribution is 6.31. The molecule has 3 aromatic carbocycles.